The Labute approximate surface area is 215 Å². The minimum absolute atomic E-state index is 0.00882. The summed E-state index contributed by atoms with van der Waals surface area (Å²) in [4.78, 5) is 32.2. The summed E-state index contributed by atoms with van der Waals surface area (Å²) in [5, 5.41) is 1.37. The van der Waals surface area contributed by atoms with Gasteiger partial charge in [0.15, 0.2) is 0 Å². The monoisotopic (exact) mass is 510 g/mol. The molecule has 1 saturated heterocycles. The first kappa shape index (κ1) is 23.8. The Morgan fingerprint density at radius 2 is 1.57 bits per heavy atom. The van der Waals surface area contributed by atoms with Crippen molar-refractivity contribution in [2.45, 2.75) is 25.4 Å². The lowest BCUT2D eigenvalue weighted by atomic mass is 9.99. The molecule has 1 atom stereocenters. The zero-order valence-electron chi connectivity index (χ0n) is 19.4. The smallest absolute Gasteiger partial charge is 0.223 e. The number of nitrogens with zero attached hydrogens (tertiary/aromatic N) is 4. The zero-order chi connectivity index (χ0) is 24.4. The lowest BCUT2D eigenvalue weighted by Crippen LogP contribution is -2.49. The number of para-hydroxylation sites is 1. The quantitative estimate of drug-likeness (QED) is 0.492. The van der Waals surface area contributed by atoms with Gasteiger partial charge in [-0.2, -0.15) is 0 Å². The van der Waals surface area contributed by atoms with Crippen LogP contribution in [0.25, 0.3) is 0 Å². The first-order valence-corrected chi connectivity index (χ1v) is 12.7. The molecule has 2 aromatic carbocycles. The van der Waals surface area contributed by atoms with Crippen LogP contribution < -0.4 is 4.90 Å². The molecule has 8 heteroatoms. The van der Waals surface area contributed by atoms with Gasteiger partial charge in [0.1, 0.15) is 0 Å². The molecule has 1 aromatic heterocycles. The van der Waals surface area contributed by atoms with Gasteiger partial charge in [0.2, 0.25) is 11.8 Å². The Bertz CT molecular complexity index is 1220. The second-order valence-electron chi connectivity index (χ2n) is 8.99. The van der Waals surface area contributed by atoms with Crippen molar-refractivity contribution in [2.24, 2.45) is 0 Å². The molecule has 3 aromatic rings. The summed E-state index contributed by atoms with van der Waals surface area (Å²) in [5.41, 5.74) is 3.04. The highest BCUT2D eigenvalue weighted by atomic mass is 35.5. The van der Waals surface area contributed by atoms with Gasteiger partial charge in [-0.1, -0.05) is 47.5 Å². The van der Waals surface area contributed by atoms with Gasteiger partial charge in [-0.05, 0) is 42.0 Å². The van der Waals surface area contributed by atoms with Crippen molar-refractivity contribution < 1.29 is 9.59 Å². The van der Waals surface area contributed by atoms with E-state index in [0.717, 1.165) is 41.6 Å². The molecule has 0 bridgehead atoms. The number of aromatic nitrogens is 1. The van der Waals surface area contributed by atoms with Crippen molar-refractivity contribution in [1.29, 1.82) is 0 Å². The Balaban J connectivity index is 1.21. The Morgan fingerprint density at radius 3 is 2.34 bits per heavy atom. The van der Waals surface area contributed by atoms with Crippen molar-refractivity contribution in [3.05, 3.63) is 88.2 Å². The molecule has 2 amide bonds. The van der Waals surface area contributed by atoms with Crippen molar-refractivity contribution >= 4 is 40.7 Å². The van der Waals surface area contributed by atoms with E-state index < -0.39 is 0 Å². The molecule has 2 aliphatic rings. The van der Waals surface area contributed by atoms with Crippen LogP contribution in [0.3, 0.4) is 0 Å². The number of fused-ring (bicyclic) bond motifs is 1. The van der Waals surface area contributed by atoms with E-state index in [0.29, 0.717) is 24.7 Å². The van der Waals surface area contributed by atoms with Crippen LogP contribution in [-0.4, -0.2) is 58.9 Å². The number of carbonyl (C=O) groups is 2. The summed E-state index contributed by atoms with van der Waals surface area (Å²) >= 11 is 12.6. The van der Waals surface area contributed by atoms with Crippen LogP contribution in [-0.2, 0) is 16.1 Å². The molecule has 182 valence electrons. The minimum atomic E-state index is -0.209. The first-order chi connectivity index (χ1) is 17.0. The molecule has 3 heterocycles. The zero-order valence-corrected chi connectivity index (χ0v) is 21.0. The summed E-state index contributed by atoms with van der Waals surface area (Å²) in [6.07, 6.45) is 2.45. The Morgan fingerprint density at radius 1 is 0.800 bits per heavy atom. The van der Waals surface area contributed by atoms with Gasteiger partial charge < -0.3 is 19.3 Å². The van der Waals surface area contributed by atoms with Crippen LogP contribution in [0.15, 0.2) is 66.9 Å². The number of halogens is 2. The van der Waals surface area contributed by atoms with Crippen LogP contribution in [0.4, 0.5) is 5.69 Å². The average Bonchev–Trinajstić information content (AvgIpc) is 3.36. The van der Waals surface area contributed by atoms with Crippen molar-refractivity contribution in [3.8, 4) is 0 Å². The maximum Gasteiger partial charge on any atom is 0.223 e. The summed E-state index contributed by atoms with van der Waals surface area (Å²) < 4.78 is 2.18. The highest BCUT2D eigenvalue weighted by Gasteiger charge is 2.32. The average molecular weight is 511 g/mol. The predicted octanol–water partition coefficient (Wildman–Crippen LogP) is 4.86. The van der Waals surface area contributed by atoms with E-state index in [1.165, 1.54) is 0 Å². The number of amides is 2. The van der Waals surface area contributed by atoms with Crippen LogP contribution in [0.2, 0.25) is 10.0 Å². The number of carbonyl (C=O) groups excluding carboxylic acids is 2. The van der Waals surface area contributed by atoms with E-state index in [9.17, 15) is 9.59 Å². The summed E-state index contributed by atoms with van der Waals surface area (Å²) in [6.45, 7) is 4.04. The molecule has 0 spiro atoms. The number of benzene rings is 2. The van der Waals surface area contributed by atoms with E-state index in [2.05, 4.69) is 15.5 Å². The van der Waals surface area contributed by atoms with Crippen molar-refractivity contribution in [1.82, 2.24) is 14.4 Å². The molecule has 35 heavy (non-hydrogen) atoms. The Kier molecular flexibility index (Phi) is 7.02. The number of anilines is 1. The molecule has 5 rings (SSSR count). The standard InChI is InChI=1S/C27H28Cl2N4O2/c28-21-6-3-5-20(19-21)27-24-9-4-12-30(24)17-18-33(27)26(35)11-10-25(34)32-15-13-31(14-16-32)23-8-2-1-7-22(23)29/h1-9,12,19,27H,10-11,13-18H2. The predicted molar refractivity (Wildman–Crippen MR) is 139 cm³/mol. The maximum atomic E-state index is 13.4. The fraction of sp³-hybridized carbons (Fsp3) is 0.333. The fourth-order valence-corrected chi connectivity index (χ4v) is 5.55. The van der Waals surface area contributed by atoms with Crippen LogP contribution in [0, 0.1) is 0 Å². The van der Waals surface area contributed by atoms with Crippen molar-refractivity contribution in [2.75, 3.05) is 37.6 Å². The molecule has 0 saturated carbocycles. The number of piperazine rings is 1. The topological polar surface area (TPSA) is 48.8 Å². The van der Waals surface area contributed by atoms with Crippen LogP contribution in [0.1, 0.15) is 30.1 Å². The van der Waals surface area contributed by atoms with Gasteiger partial charge in [-0.15, -0.1) is 0 Å². The van der Waals surface area contributed by atoms with Gasteiger partial charge in [-0.25, -0.2) is 0 Å². The van der Waals surface area contributed by atoms with Gasteiger partial charge in [-0.3, -0.25) is 9.59 Å². The maximum absolute atomic E-state index is 13.4. The molecular formula is C27H28Cl2N4O2. The number of hydrogen-bond donors (Lipinski definition) is 0. The summed E-state index contributed by atoms with van der Waals surface area (Å²) in [6, 6.07) is 19.3. The lowest BCUT2D eigenvalue weighted by molar-refractivity contribution is -0.138. The molecular weight excluding hydrogens is 483 g/mol. The van der Waals surface area contributed by atoms with Crippen molar-refractivity contribution in [3.63, 3.8) is 0 Å². The van der Waals surface area contributed by atoms with E-state index in [1.807, 2.05) is 70.6 Å². The van der Waals surface area contributed by atoms with Gasteiger partial charge in [0, 0.05) is 69.0 Å². The largest absolute Gasteiger partial charge is 0.367 e. The normalized spacial score (nSPS) is 17.9. The highest BCUT2D eigenvalue weighted by molar-refractivity contribution is 6.33. The molecule has 1 fully saturated rings. The molecule has 0 radical (unpaired) electrons. The SMILES string of the molecule is O=C(CCC(=O)N1CCn2cccc2C1c1cccc(Cl)c1)N1CCN(c2ccccc2Cl)CC1. The van der Waals surface area contributed by atoms with E-state index in [1.54, 1.807) is 0 Å². The second-order valence-corrected chi connectivity index (χ2v) is 9.83. The van der Waals surface area contributed by atoms with Crippen LogP contribution >= 0.6 is 23.2 Å². The lowest BCUT2D eigenvalue weighted by Gasteiger charge is -2.38. The summed E-state index contributed by atoms with van der Waals surface area (Å²) in [7, 11) is 0. The summed E-state index contributed by atoms with van der Waals surface area (Å²) in [5.74, 6) is 0.0160. The molecule has 2 aliphatic heterocycles. The minimum Gasteiger partial charge on any atom is -0.367 e. The number of rotatable bonds is 5. The molecule has 0 aliphatic carbocycles. The molecule has 6 nitrogen and oxygen atoms in total. The number of hydrogen-bond acceptors (Lipinski definition) is 3. The molecule has 1 unspecified atom stereocenters. The van der Waals surface area contributed by atoms with Gasteiger partial charge in [0.05, 0.1) is 16.8 Å². The molecule has 0 N–H and O–H groups in total. The fourth-order valence-electron chi connectivity index (χ4n) is 5.10. The van der Waals surface area contributed by atoms with E-state index in [-0.39, 0.29) is 30.7 Å². The first-order valence-electron chi connectivity index (χ1n) is 12.0. The van der Waals surface area contributed by atoms with Gasteiger partial charge >= 0.3 is 0 Å². The highest BCUT2D eigenvalue weighted by Crippen LogP contribution is 2.34. The van der Waals surface area contributed by atoms with E-state index in [4.69, 9.17) is 23.2 Å². The third-order valence-electron chi connectivity index (χ3n) is 6.90. The third-order valence-corrected chi connectivity index (χ3v) is 7.46. The second kappa shape index (κ2) is 10.3. The Hall–Kier alpha value is -2.96. The third kappa shape index (κ3) is 5.04. The van der Waals surface area contributed by atoms with Gasteiger partial charge in [0.25, 0.3) is 0 Å². The van der Waals surface area contributed by atoms with E-state index >= 15 is 0 Å². The van der Waals surface area contributed by atoms with Crippen LogP contribution in [0.5, 0.6) is 0 Å².